The van der Waals surface area contributed by atoms with Gasteiger partial charge >= 0.3 is 0 Å². The fraction of sp³-hybridized carbons (Fsp3) is 0.647. The summed E-state index contributed by atoms with van der Waals surface area (Å²) in [5.74, 6) is 1.31. The van der Waals surface area contributed by atoms with E-state index in [1.807, 2.05) is 4.90 Å². The van der Waals surface area contributed by atoms with Crippen molar-refractivity contribution in [2.75, 3.05) is 6.54 Å². The molecule has 0 aromatic rings. The molecule has 3 nitrogen and oxygen atoms in total. The lowest BCUT2D eigenvalue weighted by molar-refractivity contribution is -0.127. The van der Waals surface area contributed by atoms with Crippen LogP contribution in [-0.2, 0) is 9.59 Å². The molecule has 0 aromatic carbocycles. The average molecular weight is 271 g/mol. The van der Waals surface area contributed by atoms with Crippen molar-refractivity contribution in [3.8, 4) is 0 Å². The Balaban J connectivity index is 1.83. The van der Waals surface area contributed by atoms with E-state index >= 15 is 0 Å². The number of nitrogens with zero attached hydrogens (tertiary/aromatic N) is 1. The van der Waals surface area contributed by atoms with Gasteiger partial charge in [0.25, 0.3) is 0 Å². The van der Waals surface area contributed by atoms with Gasteiger partial charge in [-0.15, -0.1) is 0 Å². The minimum absolute atomic E-state index is 0.0193. The van der Waals surface area contributed by atoms with Crippen LogP contribution in [0.4, 0.5) is 0 Å². The molecule has 20 heavy (non-hydrogen) atoms. The molecule has 2 saturated carbocycles. The summed E-state index contributed by atoms with van der Waals surface area (Å²) in [5.41, 5.74) is 2.24. The van der Waals surface area contributed by atoms with Crippen molar-refractivity contribution in [3.05, 3.63) is 23.9 Å². The Morgan fingerprint density at radius 2 is 2.10 bits per heavy atom. The molecule has 4 rings (SSSR count). The number of rotatable bonds is 0. The molecule has 0 radical (unpaired) electrons. The zero-order chi connectivity index (χ0) is 14.1. The highest BCUT2D eigenvalue weighted by molar-refractivity contribution is 5.96. The fourth-order valence-electron chi connectivity index (χ4n) is 5.20. The summed E-state index contributed by atoms with van der Waals surface area (Å²) in [6.45, 7) is 6.63. The highest BCUT2D eigenvalue weighted by atomic mass is 16.2. The molecular formula is C17H21NO2. The quantitative estimate of drug-likeness (QED) is 0.635. The van der Waals surface area contributed by atoms with Crippen LogP contribution in [0.5, 0.6) is 0 Å². The van der Waals surface area contributed by atoms with E-state index in [-0.39, 0.29) is 23.0 Å². The van der Waals surface area contributed by atoms with E-state index in [0.717, 1.165) is 25.1 Å². The Hall–Kier alpha value is -1.38. The number of ketones is 1. The van der Waals surface area contributed by atoms with Crippen LogP contribution >= 0.6 is 0 Å². The topological polar surface area (TPSA) is 37.4 Å². The third-order valence-electron chi connectivity index (χ3n) is 6.12. The molecule has 1 heterocycles. The van der Waals surface area contributed by atoms with Crippen LogP contribution in [0.1, 0.15) is 39.0 Å². The van der Waals surface area contributed by atoms with Gasteiger partial charge < -0.3 is 4.90 Å². The zero-order valence-electron chi connectivity index (χ0n) is 12.0. The molecule has 0 bridgehead atoms. The van der Waals surface area contributed by atoms with Crippen LogP contribution in [0.3, 0.4) is 0 Å². The van der Waals surface area contributed by atoms with Crippen molar-refractivity contribution < 1.29 is 9.59 Å². The van der Waals surface area contributed by atoms with Gasteiger partial charge in [0, 0.05) is 42.5 Å². The van der Waals surface area contributed by atoms with E-state index < -0.39 is 0 Å². The van der Waals surface area contributed by atoms with E-state index in [2.05, 4.69) is 6.58 Å². The molecule has 3 aliphatic carbocycles. The molecule has 3 fully saturated rings. The maximum Gasteiger partial charge on any atom is 0.223 e. The first-order chi connectivity index (χ1) is 9.58. The summed E-state index contributed by atoms with van der Waals surface area (Å²) in [6, 6.07) is 0. The molecular weight excluding hydrogens is 250 g/mol. The van der Waals surface area contributed by atoms with Gasteiger partial charge in [0.1, 0.15) is 0 Å². The lowest BCUT2D eigenvalue weighted by atomic mass is 9.68. The predicted molar refractivity (Wildman–Crippen MR) is 75.6 cm³/mol. The van der Waals surface area contributed by atoms with Gasteiger partial charge in [0.15, 0.2) is 5.78 Å². The maximum absolute atomic E-state index is 12.5. The molecule has 1 spiro atoms. The number of piperidine rings is 1. The van der Waals surface area contributed by atoms with E-state index in [9.17, 15) is 9.59 Å². The van der Waals surface area contributed by atoms with Crippen molar-refractivity contribution in [3.63, 3.8) is 0 Å². The lowest BCUT2D eigenvalue weighted by Crippen LogP contribution is -2.39. The highest BCUT2D eigenvalue weighted by Gasteiger charge is 2.73. The second-order valence-electron chi connectivity index (χ2n) is 6.86. The summed E-state index contributed by atoms with van der Waals surface area (Å²) in [5, 5.41) is 0. The van der Waals surface area contributed by atoms with E-state index in [1.54, 1.807) is 13.0 Å². The number of amides is 1. The smallest absolute Gasteiger partial charge is 0.223 e. The SMILES string of the molecule is C=C1C2CN(C(C)=O)C3=CC(=O)C4CCCCCC4C132. The summed E-state index contributed by atoms with van der Waals surface area (Å²) in [6.07, 6.45) is 7.54. The monoisotopic (exact) mass is 271 g/mol. The van der Waals surface area contributed by atoms with Gasteiger partial charge in [-0.05, 0) is 18.8 Å². The number of carbonyl (C=O) groups excluding carboxylic acids is 2. The van der Waals surface area contributed by atoms with Gasteiger partial charge in [-0.3, -0.25) is 9.59 Å². The minimum Gasteiger partial charge on any atom is -0.315 e. The van der Waals surface area contributed by atoms with Gasteiger partial charge in [0.2, 0.25) is 5.91 Å². The number of hydrogen-bond acceptors (Lipinski definition) is 2. The van der Waals surface area contributed by atoms with Crippen molar-refractivity contribution in [2.45, 2.75) is 39.0 Å². The Morgan fingerprint density at radius 1 is 1.35 bits per heavy atom. The molecule has 0 aromatic heterocycles. The molecule has 0 N–H and O–H groups in total. The van der Waals surface area contributed by atoms with E-state index in [1.165, 1.54) is 24.8 Å². The summed E-state index contributed by atoms with van der Waals surface area (Å²) < 4.78 is 0. The molecule has 1 aliphatic heterocycles. The van der Waals surface area contributed by atoms with E-state index in [0.29, 0.717) is 11.8 Å². The standard InChI is InChI=1S/C17H21NO2/c1-10-14-9-18(11(2)19)16-8-15(20)12-6-4-3-5-7-13(12)17(10,14)16/h8,12-14H,1,3-7,9H2,2H3. The number of likely N-dealkylation sites (tertiary alicyclic amines) is 1. The van der Waals surface area contributed by atoms with Gasteiger partial charge in [0.05, 0.1) is 0 Å². The van der Waals surface area contributed by atoms with Crippen molar-refractivity contribution in [2.24, 2.45) is 23.2 Å². The van der Waals surface area contributed by atoms with Crippen LogP contribution in [0.25, 0.3) is 0 Å². The normalized spacial score (nSPS) is 42.4. The third-order valence-corrected chi connectivity index (χ3v) is 6.12. The summed E-state index contributed by atoms with van der Waals surface area (Å²) >= 11 is 0. The van der Waals surface area contributed by atoms with Crippen LogP contribution in [-0.4, -0.2) is 23.1 Å². The first-order valence-corrected chi connectivity index (χ1v) is 7.82. The Labute approximate surface area is 119 Å². The highest BCUT2D eigenvalue weighted by Crippen LogP contribution is 2.75. The Bertz CT molecular complexity index is 561. The minimum atomic E-state index is -0.0193. The van der Waals surface area contributed by atoms with Crippen LogP contribution in [0, 0.1) is 23.2 Å². The first-order valence-electron chi connectivity index (χ1n) is 7.82. The first kappa shape index (κ1) is 12.4. The second kappa shape index (κ2) is 3.84. The van der Waals surface area contributed by atoms with Crippen LogP contribution < -0.4 is 0 Å². The lowest BCUT2D eigenvalue weighted by Gasteiger charge is -2.37. The van der Waals surface area contributed by atoms with Crippen molar-refractivity contribution in [1.82, 2.24) is 4.90 Å². The fourth-order valence-corrected chi connectivity index (χ4v) is 5.20. The molecule has 1 saturated heterocycles. The molecule has 3 heteroatoms. The van der Waals surface area contributed by atoms with Crippen LogP contribution in [0.15, 0.2) is 23.9 Å². The van der Waals surface area contributed by atoms with E-state index in [4.69, 9.17) is 0 Å². The van der Waals surface area contributed by atoms with Crippen molar-refractivity contribution >= 4 is 11.7 Å². The predicted octanol–water partition coefficient (Wildman–Crippen LogP) is 2.68. The zero-order valence-corrected chi connectivity index (χ0v) is 12.0. The molecule has 4 atom stereocenters. The third kappa shape index (κ3) is 1.26. The number of allylic oxidation sites excluding steroid dienone is 2. The Kier molecular flexibility index (Phi) is 2.37. The number of carbonyl (C=O) groups is 2. The molecule has 106 valence electrons. The molecule has 1 amide bonds. The summed E-state index contributed by atoms with van der Waals surface area (Å²) in [7, 11) is 0. The van der Waals surface area contributed by atoms with Gasteiger partial charge in [-0.25, -0.2) is 0 Å². The van der Waals surface area contributed by atoms with Gasteiger partial charge in [-0.2, -0.15) is 0 Å². The molecule has 4 aliphatic rings. The second-order valence-corrected chi connectivity index (χ2v) is 6.86. The molecule has 4 unspecified atom stereocenters. The maximum atomic E-state index is 12.5. The van der Waals surface area contributed by atoms with Crippen molar-refractivity contribution in [1.29, 1.82) is 0 Å². The Morgan fingerprint density at radius 3 is 2.85 bits per heavy atom. The van der Waals surface area contributed by atoms with Crippen LogP contribution in [0.2, 0.25) is 0 Å². The largest absolute Gasteiger partial charge is 0.315 e. The average Bonchev–Trinajstić information content (AvgIpc) is 2.93. The van der Waals surface area contributed by atoms with Gasteiger partial charge in [-0.1, -0.05) is 31.4 Å². The summed E-state index contributed by atoms with van der Waals surface area (Å²) in [4.78, 5) is 26.2. The number of fused-ring (bicyclic) bond motifs is 1. The number of hydrogen-bond donors (Lipinski definition) is 0.